The summed E-state index contributed by atoms with van der Waals surface area (Å²) in [6.07, 6.45) is 5.52. The summed E-state index contributed by atoms with van der Waals surface area (Å²) in [6.45, 7) is 3.12. The number of benzene rings is 1. The van der Waals surface area contributed by atoms with Crippen LogP contribution in [0, 0.1) is 11.8 Å². The van der Waals surface area contributed by atoms with E-state index in [1.165, 1.54) is 0 Å². The summed E-state index contributed by atoms with van der Waals surface area (Å²) in [4.78, 5) is 6.85. The Bertz CT molecular complexity index is 981. The van der Waals surface area contributed by atoms with Crippen LogP contribution in [0.3, 0.4) is 0 Å². The van der Waals surface area contributed by atoms with Crippen LogP contribution in [0.2, 0.25) is 0 Å². The third-order valence-corrected chi connectivity index (χ3v) is 7.41. The van der Waals surface area contributed by atoms with Crippen LogP contribution in [0.15, 0.2) is 58.4 Å². The van der Waals surface area contributed by atoms with E-state index in [-0.39, 0.29) is 12.5 Å². The van der Waals surface area contributed by atoms with Gasteiger partial charge in [0.1, 0.15) is 5.75 Å². The molecule has 0 saturated carbocycles. The summed E-state index contributed by atoms with van der Waals surface area (Å²) < 4.78 is 10.7. The third kappa shape index (κ3) is 5.64. The van der Waals surface area contributed by atoms with Crippen molar-refractivity contribution in [2.24, 2.45) is 11.8 Å². The van der Waals surface area contributed by atoms with Gasteiger partial charge in [0.2, 0.25) is 0 Å². The van der Waals surface area contributed by atoms with E-state index in [9.17, 15) is 10.2 Å². The second-order valence-electron chi connectivity index (χ2n) is 8.45. The van der Waals surface area contributed by atoms with Gasteiger partial charge in [-0.25, -0.2) is 0 Å². The molecule has 2 N–H and O–H groups in total. The van der Waals surface area contributed by atoms with Crippen molar-refractivity contribution in [3.63, 3.8) is 0 Å². The predicted molar refractivity (Wildman–Crippen MR) is 127 cm³/mol. The lowest BCUT2D eigenvalue weighted by Gasteiger charge is -2.38. The number of fused-ring (bicyclic) bond motifs is 1. The van der Waals surface area contributed by atoms with Gasteiger partial charge in [0.05, 0.1) is 25.0 Å². The molecule has 0 radical (unpaired) electrons. The Labute approximate surface area is 193 Å². The van der Waals surface area contributed by atoms with Gasteiger partial charge < -0.3 is 24.3 Å². The maximum absolute atomic E-state index is 11.0. The molecular formula is C25H32N2O4S. The minimum absolute atomic E-state index is 0.192. The highest BCUT2D eigenvalue weighted by atomic mass is 32.2. The highest BCUT2D eigenvalue weighted by Crippen LogP contribution is 2.33. The summed E-state index contributed by atoms with van der Waals surface area (Å²) in [5.74, 6) is 2.41. The molecule has 3 atom stereocenters. The van der Waals surface area contributed by atoms with E-state index in [0.29, 0.717) is 12.3 Å². The van der Waals surface area contributed by atoms with Gasteiger partial charge in [0.15, 0.2) is 5.09 Å². The zero-order chi connectivity index (χ0) is 22.3. The standard InChI is InChI=1S/C25H32N2O4S/c1-30-20-5-6-23-22(15-20)21(8-10-26-23)24(29)7-4-18-9-11-27(16-19(18)17-28)12-14-32-25-3-2-13-31-25/h2-3,5-6,8,10,13,15,18-19,24,28-29H,4,7,9,11-12,14,16-17H2,1H3/t18-,19-,24+/m1/s1. The zero-order valence-corrected chi connectivity index (χ0v) is 19.3. The Kier molecular flexibility index (Phi) is 8.08. The largest absolute Gasteiger partial charge is 0.497 e. The van der Waals surface area contributed by atoms with Crippen molar-refractivity contribution in [2.75, 3.05) is 39.1 Å². The maximum Gasteiger partial charge on any atom is 0.160 e. The second kappa shape index (κ2) is 11.2. The second-order valence-corrected chi connectivity index (χ2v) is 9.55. The normalized spacial score (nSPS) is 20.5. The van der Waals surface area contributed by atoms with E-state index in [0.717, 1.165) is 65.5 Å². The molecule has 7 heteroatoms. The Morgan fingerprint density at radius 3 is 2.97 bits per heavy atom. The average molecular weight is 457 g/mol. The number of hydrogen-bond acceptors (Lipinski definition) is 7. The van der Waals surface area contributed by atoms with E-state index in [2.05, 4.69) is 9.88 Å². The van der Waals surface area contributed by atoms with Crippen molar-refractivity contribution in [3.05, 3.63) is 54.4 Å². The molecule has 6 nitrogen and oxygen atoms in total. The number of rotatable bonds is 10. The number of furan rings is 1. The van der Waals surface area contributed by atoms with E-state index in [1.807, 2.05) is 36.4 Å². The van der Waals surface area contributed by atoms with Crippen molar-refractivity contribution in [1.29, 1.82) is 0 Å². The van der Waals surface area contributed by atoms with Gasteiger partial charge in [0, 0.05) is 37.0 Å². The lowest BCUT2D eigenvalue weighted by atomic mass is 9.81. The summed E-state index contributed by atoms with van der Waals surface area (Å²) in [7, 11) is 1.64. The first-order valence-corrected chi connectivity index (χ1v) is 12.3. The van der Waals surface area contributed by atoms with Crippen LogP contribution in [-0.4, -0.2) is 59.2 Å². The fraction of sp³-hybridized carbons (Fsp3) is 0.480. The number of ether oxygens (including phenoxy) is 1. The molecule has 1 aliphatic rings. The number of nitrogens with zero attached hydrogens (tertiary/aromatic N) is 2. The molecule has 0 bridgehead atoms. The fourth-order valence-corrected chi connectivity index (χ4v) is 5.51. The molecule has 4 rings (SSSR count). The van der Waals surface area contributed by atoms with Crippen LogP contribution >= 0.6 is 11.8 Å². The minimum Gasteiger partial charge on any atom is -0.497 e. The number of aliphatic hydroxyl groups is 2. The SMILES string of the molecule is COc1ccc2nccc([C@@H](O)CC[C@@H]3CCN(CCSc4ccco4)C[C@@H]3CO)c2c1. The number of methoxy groups -OCH3 is 1. The van der Waals surface area contributed by atoms with Gasteiger partial charge >= 0.3 is 0 Å². The van der Waals surface area contributed by atoms with Crippen molar-refractivity contribution >= 4 is 22.7 Å². The van der Waals surface area contributed by atoms with E-state index in [4.69, 9.17) is 9.15 Å². The molecule has 0 unspecified atom stereocenters. The third-order valence-electron chi connectivity index (χ3n) is 6.51. The van der Waals surface area contributed by atoms with Crippen molar-refractivity contribution < 1.29 is 19.4 Å². The van der Waals surface area contributed by atoms with Gasteiger partial charge in [-0.2, -0.15) is 0 Å². The molecule has 172 valence electrons. The number of thioether (sulfide) groups is 1. The molecule has 32 heavy (non-hydrogen) atoms. The molecule has 0 amide bonds. The van der Waals surface area contributed by atoms with Gasteiger partial charge in [-0.3, -0.25) is 4.98 Å². The highest BCUT2D eigenvalue weighted by molar-refractivity contribution is 7.99. The molecule has 0 aliphatic carbocycles. The first-order valence-electron chi connectivity index (χ1n) is 11.3. The van der Waals surface area contributed by atoms with Crippen LogP contribution in [0.25, 0.3) is 10.9 Å². The summed E-state index contributed by atoms with van der Waals surface area (Å²) in [6, 6.07) is 11.5. The molecule has 3 aromatic rings. The van der Waals surface area contributed by atoms with Crippen molar-refractivity contribution in [3.8, 4) is 5.75 Å². The lowest BCUT2D eigenvalue weighted by Crippen LogP contribution is -2.43. The number of pyridine rings is 1. The summed E-state index contributed by atoms with van der Waals surface area (Å²) >= 11 is 1.73. The van der Waals surface area contributed by atoms with Gasteiger partial charge in [-0.05, 0) is 79.6 Å². The van der Waals surface area contributed by atoms with Crippen LogP contribution in [0.5, 0.6) is 5.75 Å². The molecule has 2 aromatic heterocycles. The summed E-state index contributed by atoms with van der Waals surface area (Å²) in [5, 5.41) is 22.9. The quantitative estimate of drug-likeness (QED) is 0.439. The van der Waals surface area contributed by atoms with Crippen LogP contribution in [0.4, 0.5) is 0 Å². The average Bonchev–Trinajstić information content (AvgIpc) is 3.35. The van der Waals surface area contributed by atoms with Gasteiger partial charge in [-0.1, -0.05) is 11.8 Å². The first kappa shape index (κ1) is 23.1. The Morgan fingerprint density at radius 2 is 2.19 bits per heavy atom. The molecule has 1 aliphatic heterocycles. The van der Waals surface area contributed by atoms with E-state index in [1.54, 1.807) is 31.3 Å². The van der Waals surface area contributed by atoms with Gasteiger partial charge in [0.25, 0.3) is 0 Å². The van der Waals surface area contributed by atoms with Crippen molar-refractivity contribution in [2.45, 2.75) is 30.5 Å². The number of likely N-dealkylation sites (tertiary alicyclic amines) is 1. The summed E-state index contributed by atoms with van der Waals surface area (Å²) in [5.41, 5.74) is 1.75. The molecule has 3 heterocycles. The number of piperidine rings is 1. The number of hydrogen-bond donors (Lipinski definition) is 2. The van der Waals surface area contributed by atoms with Crippen LogP contribution in [-0.2, 0) is 0 Å². The topological polar surface area (TPSA) is 79.0 Å². The Balaban J connectivity index is 1.31. The van der Waals surface area contributed by atoms with Crippen LogP contribution in [0.1, 0.15) is 30.9 Å². The predicted octanol–water partition coefficient (Wildman–Crippen LogP) is 4.37. The van der Waals surface area contributed by atoms with E-state index < -0.39 is 6.10 Å². The molecule has 0 spiro atoms. The molecule has 1 fully saturated rings. The van der Waals surface area contributed by atoms with Crippen molar-refractivity contribution in [1.82, 2.24) is 9.88 Å². The molecule has 1 saturated heterocycles. The zero-order valence-electron chi connectivity index (χ0n) is 18.5. The monoisotopic (exact) mass is 456 g/mol. The molecular weight excluding hydrogens is 424 g/mol. The number of aromatic nitrogens is 1. The maximum atomic E-state index is 11.0. The Morgan fingerprint density at radius 1 is 1.28 bits per heavy atom. The smallest absolute Gasteiger partial charge is 0.160 e. The Hall–Kier alpha value is -2.06. The van der Waals surface area contributed by atoms with Gasteiger partial charge in [-0.15, -0.1) is 0 Å². The highest BCUT2D eigenvalue weighted by Gasteiger charge is 2.29. The lowest BCUT2D eigenvalue weighted by molar-refractivity contribution is 0.0608. The minimum atomic E-state index is -0.560. The van der Waals surface area contributed by atoms with E-state index >= 15 is 0 Å². The van der Waals surface area contributed by atoms with Crippen LogP contribution < -0.4 is 4.74 Å². The fourth-order valence-electron chi connectivity index (χ4n) is 4.66. The first-order chi connectivity index (χ1) is 15.7. The number of aliphatic hydroxyl groups excluding tert-OH is 2. The molecule has 1 aromatic carbocycles.